The molecule has 1 heterocycles. The first-order valence-electron chi connectivity index (χ1n) is 9.27. The minimum absolute atomic E-state index is 0.0682. The molecule has 4 heteroatoms. The van der Waals surface area contributed by atoms with Gasteiger partial charge in [0.2, 0.25) is 0 Å². The summed E-state index contributed by atoms with van der Waals surface area (Å²) in [6.07, 6.45) is 1.29. The van der Waals surface area contributed by atoms with Crippen molar-refractivity contribution in [3.05, 3.63) is 83.4 Å². The predicted octanol–water partition coefficient (Wildman–Crippen LogP) is 5.98. The smallest absolute Gasteiger partial charge is 0.253 e. The second kappa shape index (κ2) is 8.41. The first kappa shape index (κ1) is 18.5. The molecule has 0 aliphatic carbocycles. The zero-order valence-electron chi connectivity index (χ0n) is 15.4. The number of carbonyl (C=O) groups excluding carboxylic acids is 1. The molecule has 1 amide bonds. The van der Waals surface area contributed by atoms with Crippen LogP contribution in [0.1, 0.15) is 32.5 Å². The van der Waals surface area contributed by atoms with Crippen molar-refractivity contribution in [2.24, 2.45) is 0 Å². The molecule has 0 radical (unpaired) electrons. The Kier molecular flexibility index (Phi) is 5.74. The highest BCUT2D eigenvalue weighted by Gasteiger charge is 2.18. The van der Waals surface area contributed by atoms with Crippen molar-refractivity contribution in [2.45, 2.75) is 17.5 Å². The molecular weight excluding hydrogens is 370 g/mol. The van der Waals surface area contributed by atoms with Crippen LogP contribution in [0.3, 0.4) is 0 Å². The second-order valence-electron chi connectivity index (χ2n) is 6.89. The maximum absolute atomic E-state index is 12.8. The number of hydrogen-bond acceptors (Lipinski definition) is 3. The van der Waals surface area contributed by atoms with Gasteiger partial charge in [-0.25, -0.2) is 0 Å². The van der Waals surface area contributed by atoms with Gasteiger partial charge in [-0.05, 0) is 58.0 Å². The molecule has 3 aromatic carbocycles. The highest BCUT2D eigenvalue weighted by Crippen LogP contribution is 2.43. The maximum atomic E-state index is 12.8. The molecule has 3 aromatic rings. The van der Waals surface area contributed by atoms with E-state index < -0.39 is 0 Å². The van der Waals surface area contributed by atoms with Crippen LogP contribution in [0.2, 0.25) is 0 Å². The Morgan fingerprint density at radius 2 is 1.67 bits per heavy atom. The summed E-state index contributed by atoms with van der Waals surface area (Å²) in [5.41, 5.74) is 3.22. The summed E-state index contributed by atoms with van der Waals surface area (Å²) >= 11 is 4.01. The Morgan fingerprint density at radius 3 is 2.41 bits per heavy atom. The molecule has 0 N–H and O–H groups in total. The third-order valence-corrected chi connectivity index (χ3v) is 7.85. The minimum Gasteiger partial charge on any atom is -0.337 e. The third-order valence-electron chi connectivity index (χ3n) is 4.84. The summed E-state index contributed by atoms with van der Waals surface area (Å²) in [4.78, 5) is 14.6. The van der Waals surface area contributed by atoms with E-state index in [4.69, 9.17) is 0 Å². The normalized spacial score (nSPS) is 15.0. The second-order valence-corrected chi connectivity index (χ2v) is 9.62. The molecule has 2 nitrogen and oxygen atoms in total. The van der Waals surface area contributed by atoms with Gasteiger partial charge in [0.15, 0.2) is 0 Å². The fourth-order valence-electron chi connectivity index (χ4n) is 3.37. The van der Waals surface area contributed by atoms with Gasteiger partial charge in [0, 0.05) is 19.2 Å². The fraction of sp³-hybridized carbons (Fsp3) is 0.261. The van der Waals surface area contributed by atoms with Gasteiger partial charge in [-0.3, -0.25) is 4.79 Å². The molecule has 0 atom stereocenters. The van der Waals surface area contributed by atoms with Crippen molar-refractivity contribution in [1.29, 1.82) is 0 Å². The van der Waals surface area contributed by atoms with Gasteiger partial charge in [0.25, 0.3) is 5.91 Å². The van der Waals surface area contributed by atoms with Crippen LogP contribution in [-0.4, -0.2) is 29.4 Å². The van der Waals surface area contributed by atoms with Gasteiger partial charge < -0.3 is 4.90 Å². The summed E-state index contributed by atoms with van der Waals surface area (Å²) in [7, 11) is 1.87. The van der Waals surface area contributed by atoms with E-state index in [0.717, 1.165) is 11.1 Å². The lowest BCUT2D eigenvalue weighted by atomic mass is 10.1. The molecule has 0 unspecified atom stereocenters. The molecule has 0 spiro atoms. The van der Waals surface area contributed by atoms with E-state index in [1.54, 1.807) is 4.90 Å². The Labute approximate surface area is 169 Å². The van der Waals surface area contributed by atoms with E-state index in [0.29, 0.717) is 11.1 Å². The number of rotatable bonds is 4. The van der Waals surface area contributed by atoms with Crippen LogP contribution in [0, 0.1) is 0 Å². The number of nitrogens with zero attached hydrogens (tertiary/aromatic N) is 1. The lowest BCUT2D eigenvalue weighted by Gasteiger charge is -2.22. The van der Waals surface area contributed by atoms with Crippen molar-refractivity contribution in [2.75, 3.05) is 18.6 Å². The molecule has 1 saturated heterocycles. The SMILES string of the molecule is CN(Cc1ccc2ccccc2c1)C(=O)c1ccc(C2SCCCS2)cc1. The van der Waals surface area contributed by atoms with Crippen LogP contribution in [-0.2, 0) is 6.54 Å². The van der Waals surface area contributed by atoms with Crippen molar-refractivity contribution in [1.82, 2.24) is 4.90 Å². The van der Waals surface area contributed by atoms with Crippen LogP contribution in [0.25, 0.3) is 10.8 Å². The average Bonchev–Trinajstić information content (AvgIpc) is 2.74. The first-order chi connectivity index (χ1) is 13.2. The van der Waals surface area contributed by atoms with E-state index in [1.165, 1.54) is 34.3 Å². The highest BCUT2D eigenvalue weighted by molar-refractivity contribution is 8.16. The summed E-state index contributed by atoms with van der Waals surface area (Å²) in [5.74, 6) is 2.53. The lowest BCUT2D eigenvalue weighted by molar-refractivity contribution is 0.0785. The Balaban J connectivity index is 1.44. The average molecular weight is 394 g/mol. The van der Waals surface area contributed by atoms with E-state index in [2.05, 4.69) is 42.5 Å². The fourth-order valence-corrected chi connectivity index (χ4v) is 6.26. The number of hydrogen-bond donors (Lipinski definition) is 0. The summed E-state index contributed by atoms with van der Waals surface area (Å²) in [6, 6.07) is 22.9. The van der Waals surface area contributed by atoms with Crippen LogP contribution < -0.4 is 0 Å². The Hall–Kier alpha value is -1.91. The van der Waals surface area contributed by atoms with Gasteiger partial charge in [-0.1, -0.05) is 48.5 Å². The standard InChI is InChI=1S/C23H23NOS2/c1-24(16-17-7-8-18-5-2-3-6-21(18)15-17)22(25)19-9-11-20(12-10-19)23-26-13-4-14-27-23/h2-3,5-12,15,23H,4,13-14,16H2,1H3. The number of benzene rings is 3. The van der Waals surface area contributed by atoms with Gasteiger partial charge in [-0.2, -0.15) is 0 Å². The molecule has 4 rings (SSSR count). The van der Waals surface area contributed by atoms with Crippen LogP contribution in [0.5, 0.6) is 0 Å². The topological polar surface area (TPSA) is 20.3 Å². The van der Waals surface area contributed by atoms with Crippen molar-refractivity contribution in [3.8, 4) is 0 Å². The van der Waals surface area contributed by atoms with Crippen molar-refractivity contribution < 1.29 is 4.79 Å². The monoisotopic (exact) mass is 393 g/mol. The van der Waals surface area contributed by atoms with Crippen LogP contribution in [0.15, 0.2) is 66.7 Å². The largest absolute Gasteiger partial charge is 0.337 e. The molecule has 27 heavy (non-hydrogen) atoms. The van der Waals surface area contributed by atoms with E-state index in [1.807, 2.05) is 54.8 Å². The maximum Gasteiger partial charge on any atom is 0.253 e. The minimum atomic E-state index is 0.0682. The quantitative estimate of drug-likeness (QED) is 0.544. The lowest BCUT2D eigenvalue weighted by Crippen LogP contribution is -2.26. The molecular formula is C23H23NOS2. The van der Waals surface area contributed by atoms with Crippen LogP contribution >= 0.6 is 23.5 Å². The zero-order valence-corrected chi connectivity index (χ0v) is 17.1. The molecule has 0 bridgehead atoms. The van der Waals surface area contributed by atoms with Gasteiger partial charge in [0.05, 0.1) is 4.58 Å². The molecule has 0 saturated carbocycles. The van der Waals surface area contributed by atoms with E-state index >= 15 is 0 Å². The summed E-state index contributed by atoms with van der Waals surface area (Å²) in [6.45, 7) is 0.611. The molecule has 138 valence electrons. The summed E-state index contributed by atoms with van der Waals surface area (Å²) < 4.78 is 0.512. The number of carbonyl (C=O) groups is 1. The van der Waals surface area contributed by atoms with Gasteiger partial charge in [-0.15, -0.1) is 23.5 Å². The number of thioether (sulfide) groups is 2. The molecule has 1 aliphatic heterocycles. The van der Waals surface area contributed by atoms with E-state index in [-0.39, 0.29) is 5.91 Å². The number of fused-ring (bicyclic) bond motifs is 1. The molecule has 1 fully saturated rings. The van der Waals surface area contributed by atoms with Crippen molar-refractivity contribution in [3.63, 3.8) is 0 Å². The third kappa shape index (κ3) is 4.33. The predicted molar refractivity (Wildman–Crippen MR) is 118 cm³/mol. The molecule has 1 aliphatic rings. The van der Waals surface area contributed by atoms with Gasteiger partial charge >= 0.3 is 0 Å². The zero-order chi connectivity index (χ0) is 18.6. The van der Waals surface area contributed by atoms with Gasteiger partial charge in [0.1, 0.15) is 0 Å². The van der Waals surface area contributed by atoms with Crippen molar-refractivity contribution >= 4 is 40.2 Å². The molecule has 0 aromatic heterocycles. The van der Waals surface area contributed by atoms with Crippen LogP contribution in [0.4, 0.5) is 0 Å². The highest BCUT2D eigenvalue weighted by atomic mass is 32.2. The first-order valence-corrected chi connectivity index (χ1v) is 11.4. The summed E-state index contributed by atoms with van der Waals surface area (Å²) in [5, 5.41) is 2.44. The Bertz CT molecular complexity index is 933. The Morgan fingerprint density at radius 1 is 0.963 bits per heavy atom. The number of amides is 1. The van der Waals surface area contributed by atoms with E-state index in [9.17, 15) is 4.79 Å².